The van der Waals surface area contributed by atoms with E-state index in [0.717, 1.165) is 43.0 Å². The highest BCUT2D eigenvalue weighted by atomic mass is 16.5. The van der Waals surface area contributed by atoms with Crippen LogP contribution in [0.2, 0.25) is 0 Å². The van der Waals surface area contributed by atoms with Crippen LogP contribution in [0.3, 0.4) is 0 Å². The van der Waals surface area contributed by atoms with E-state index < -0.39 is 0 Å². The standard InChI is InChI=1S/C22H28N2O3/c1-16-13-19(14-17(2)23-16)22(25)24(15-21-5-4-12-27-21)11-10-18-6-8-20(26-3)9-7-18/h6-9,13-14,21H,4-5,10-12,15H2,1-3H3/t21-/m0/s1. The summed E-state index contributed by atoms with van der Waals surface area (Å²) in [5.74, 6) is 0.890. The van der Waals surface area contributed by atoms with Crippen LogP contribution in [0.25, 0.3) is 0 Å². The maximum atomic E-state index is 13.2. The predicted molar refractivity (Wildman–Crippen MR) is 105 cm³/mol. The first-order valence-electron chi connectivity index (χ1n) is 9.54. The van der Waals surface area contributed by atoms with Gasteiger partial charge in [-0.05, 0) is 62.9 Å². The third-order valence-electron chi connectivity index (χ3n) is 4.89. The van der Waals surface area contributed by atoms with Crippen molar-refractivity contribution in [2.75, 3.05) is 26.8 Å². The SMILES string of the molecule is COc1ccc(CCN(C[C@@H]2CCCO2)C(=O)c2cc(C)nc(C)c2)cc1. The normalized spacial score (nSPS) is 16.3. The minimum Gasteiger partial charge on any atom is -0.497 e. The molecule has 2 aromatic rings. The Balaban J connectivity index is 1.73. The molecule has 0 unspecified atom stereocenters. The molecule has 1 atom stereocenters. The number of hydrogen-bond donors (Lipinski definition) is 0. The summed E-state index contributed by atoms with van der Waals surface area (Å²) < 4.78 is 11.0. The molecular weight excluding hydrogens is 340 g/mol. The molecule has 5 nitrogen and oxygen atoms in total. The van der Waals surface area contributed by atoms with Crippen molar-refractivity contribution in [3.8, 4) is 5.75 Å². The Morgan fingerprint density at radius 2 is 1.93 bits per heavy atom. The van der Waals surface area contributed by atoms with Crippen LogP contribution >= 0.6 is 0 Å². The second-order valence-corrected chi connectivity index (χ2v) is 7.12. The third-order valence-corrected chi connectivity index (χ3v) is 4.89. The quantitative estimate of drug-likeness (QED) is 0.750. The third kappa shape index (κ3) is 5.30. The summed E-state index contributed by atoms with van der Waals surface area (Å²) in [6.45, 7) is 5.93. The minimum atomic E-state index is 0.0487. The van der Waals surface area contributed by atoms with E-state index in [2.05, 4.69) is 4.98 Å². The molecule has 2 heterocycles. The van der Waals surface area contributed by atoms with Crippen LogP contribution in [0, 0.1) is 13.8 Å². The lowest BCUT2D eigenvalue weighted by Gasteiger charge is -2.26. The average Bonchev–Trinajstić information content (AvgIpc) is 3.17. The zero-order valence-corrected chi connectivity index (χ0v) is 16.4. The number of carbonyl (C=O) groups excluding carboxylic acids is 1. The molecule has 5 heteroatoms. The van der Waals surface area contributed by atoms with Crippen LogP contribution in [0.15, 0.2) is 36.4 Å². The van der Waals surface area contributed by atoms with Crippen molar-refractivity contribution in [2.45, 2.75) is 39.2 Å². The second-order valence-electron chi connectivity index (χ2n) is 7.12. The van der Waals surface area contributed by atoms with E-state index in [1.54, 1.807) is 7.11 Å². The van der Waals surface area contributed by atoms with Gasteiger partial charge in [0.25, 0.3) is 5.91 Å². The van der Waals surface area contributed by atoms with Crippen LogP contribution in [0.4, 0.5) is 0 Å². The molecule has 1 fully saturated rings. The average molecular weight is 368 g/mol. The van der Waals surface area contributed by atoms with Gasteiger partial charge in [-0.3, -0.25) is 9.78 Å². The molecule has 0 aliphatic carbocycles. The number of aromatic nitrogens is 1. The van der Waals surface area contributed by atoms with Gasteiger partial charge >= 0.3 is 0 Å². The van der Waals surface area contributed by atoms with Crippen molar-refractivity contribution >= 4 is 5.91 Å². The Hall–Kier alpha value is -2.40. The van der Waals surface area contributed by atoms with E-state index in [-0.39, 0.29) is 12.0 Å². The van der Waals surface area contributed by atoms with E-state index in [1.807, 2.05) is 55.1 Å². The number of carbonyl (C=O) groups is 1. The van der Waals surface area contributed by atoms with Crippen molar-refractivity contribution in [3.05, 3.63) is 58.9 Å². The summed E-state index contributed by atoms with van der Waals surface area (Å²) in [5, 5.41) is 0. The number of hydrogen-bond acceptors (Lipinski definition) is 4. The minimum absolute atomic E-state index is 0.0487. The zero-order valence-electron chi connectivity index (χ0n) is 16.4. The van der Waals surface area contributed by atoms with Gasteiger partial charge in [-0.15, -0.1) is 0 Å². The van der Waals surface area contributed by atoms with Crippen molar-refractivity contribution < 1.29 is 14.3 Å². The summed E-state index contributed by atoms with van der Waals surface area (Å²) in [6.07, 6.45) is 3.01. The summed E-state index contributed by atoms with van der Waals surface area (Å²) in [7, 11) is 1.66. The van der Waals surface area contributed by atoms with Crippen LogP contribution in [-0.2, 0) is 11.2 Å². The van der Waals surface area contributed by atoms with Gasteiger partial charge < -0.3 is 14.4 Å². The number of aryl methyl sites for hydroxylation is 2. The van der Waals surface area contributed by atoms with Gasteiger partial charge in [0.15, 0.2) is 0 Å². The van der Waals surface area contributed by atoms with E-state index in [9.17, 15) is 4.79 Å². The van der Waals surface area contributed by atoms with Gasteiger partial charge in [0.1, 0.15) is 5.75 Å². The Kier molecular flexibility index (Phi) is 6.45. The van der Waals surface area contributed by atoms with Crippen LogP contribution < -0.4 is 4.74 Å². The van der Waals surface area contributed by atoms with E-state index in [0.29, 0.717) is 18.7 Å². The van der Waals surface area contributed by atoms with Crippen molar-refractivity contribution in [1.29, 1.82) is 0 Å². The molecule has 1 aliphatic rings. The van der Waals surface area contributed by atoms with Gasteiger partial charge in [0.05, 0.1) is 13.2 Å². The van der Waals surface area contributed by atoms with Crippen molar-refractivity contribution in [2.24, 2.45) is 0 Å². The van der Waals surface area contributed by atoms with E-state index in [4.69, 9.17) is 9.47 Å². The number of pyridine rings is 1. The second kappa shape index (κ2) is 9.00. The molecule has 0 radical (unpaired) electrons. The molecule has 1 saturated heterocycles. The fourth-order valence-corrected chi connectivity index (χ4v) is 3.51. The molecule has 0 saturated carbocycles. The molecule has 27 heavy (non-hydrogen) atoms. The number of nitrogens with zero attached hydrogens (tertiary/aromatic N) is 2. The Morgan fingerprint density at radius 3 is 2.52 bits per heavy atom. The molecule has 0 spiro atoms. The number of amides is 1. The Labute approximate surface area is 161 Å². The Bertz CT molecular complexity index is 747. The largest absolute Gasteiger partial charge is 0.497 e. The molecule has 0 N–H and O–H groups in total. The van der Waals surface area contributed by atoms with Gasteiger partial charge in [0.2, 0.25) is 0 Å². The first-order chi connectivity index (χ1) is 13.0. The van der Waals surface area contributed by atoms with Gasteiger partial charge in [0, 0.05) is 36.6 Å². The summed E-state index contributed by atoms with van der Waals surface area (Å²) >= 11 is 0. The summed E-state index contributed by atoms with van der Waals surface area (Å²) in [5.41, 5.74) is 3.62. The molecule has 1 aromatic heterocycles. The molecule has 1 amide bonds. The molecule has 1 aliphatic heterocycles. The van der Waals surface area contributed by atoms with Gasteiger partial charge in [-0.25, -0.2) is 0 Å². The monoisotopic (exact) mass is 368 g/mol. The van der Waals surface area contributed by atoms with Gasteiger partial charge in [-0.2, -0.15) is 0 Å². The maximum absolute atomic E-state index is 13.2. The van der Waals surface area contributed by atoms with E-state index in [1.165, 1.54) is 5.56 Å². The van der Waals surface area contributed by atoms with Crippen LogP contribution in [-0.4, -0.2) is 48.7 Å². The molecule has 0 bridgehead atoms. The van der Waals surface area contributed by atoms with Crippen LogP contribution in [0.1, 0.15) is 40.2 Å². The maximum Gasteiger partial charge on any atom is 0.254 e. The first-order valence-corrected chi connectivity index (χ1v) is 9.54. The Morgan fingerprint density at radius 1 is 1.22 bits per heavy atom. The molecule has 3 rings (SSSR count). The lowest BCUT2D eigenvalue weighted by atomic mass is 10.1. The highest BCUT2D eigenvalue weighted by Gasteiger charge is 2.23. The predicted octanol–water partition coefficient (Wildman–Crippen LogP) is 3.57. The summed E-state index contributed by atoms with van der Waals surface area (Å²) in [4.78, 5) is 19.5. The fourth-order valence-electron chi connectivity index (χ4n) is 3.51. The molecular formula is C22H28N2O3. The first kappa shape index (κ1) is 19.4. The summed E-state index contributed by atoms with van der Waals surface area (Å²) in [6, 6.07) is 11.7. The number of ether oxygens (including phenoxy) is 2. The highest BCUT2D eigenvalue weighted by molar-refractivity contribution is 5.94. The number of methoxy groups -OCH3 is 1. The highest BCUT2D eigenvalue weighted by Crippen LogP contribution is 2.17. The smallest absolute Gasteiger partial charge is 0.254 e. The lowest BCUT2D eigenvalue weighted by Crippen LogP contribution is -2.39. The number of rotatable bonds is 7. The van der Waals surface area contributed by atoms with E-state index >= 15 is 0 Å². The topological polar surface area (TPSA) is 51.7 Å². The zero-order chi connectivity index (χ0) is 19.2. The van der Waals surface area contributed by atoms with Crippen LogP contribution in [0.5, 0.6) is 5.75 Å². The lowest BCUT2D eigenvalue weighted by molar-refractivity contribution is 0.0528. The molecule has 144 valence electrons. The molecule has 1 aromatic carbocycles. The fraction of sp³-hybridized carbons (Fsp3) is 0.455. The van der Waals surface area contributed by atoms with Crippen molar-refractivity contribution in [3.63, 3.8) is 0 Å². The van der Waals surface area contributed by atoms with Gasteiger partial charge in [-0.1, -0.05) is 12.1 Å². The van der Waals surface area contributed by atoms with Crippen molar-refractivity contribution in [1.82, 2.24) is 9.88 Å². The number of benzene rings is 1.